The van der Waals surface area contributed by atoms with E-state index in [2.05, 4.69) is 0 Å². The van der Waals surface area contributed by atoms with Crippen molar-refractivity contribution >= 4 is 15.5 Å². The molecule has 0 aromatic heterocycles. The molecule has 0 atom stereocenters. The van der Waals surface area contributed by atoms with Gasteiger partial charge in [0.2, 0.25) is 5.75 Å². The average Bonchev–Trinajstić information content (AvgIpc) is 2.40. The van der Waals surface area contributed by atoms with Gasteiger partial charge < -0.3 is 4.74 Å². The molecule has 0 radical (unpaired) electrons. The standard InChI is InChI=1S/C14H13NO5S/c1-10-3-5-11(6-4-10)20-14-8-7-12(21(2,18)19)9-13(14)15(16)17/h3-9H,1-2H3. The van der Waals surface area contributed by atoms with Gasteiger partial charge in [0.25, 0.3) is 0 Å². The quantitative estimate of drug-likeness (QED) is 0.640. The predicted octanol–water partition coefficient (Wildman–Crippen LogP) is 3.10. The van der Waals surface area contributed by atoms with Gasteiger partial charge in [-0.25, -0.2) is 8.42 Å². The molecule has 0 aliphatic carbocycles. The van der Waals surface area contributed by atoms with Gasteiger partial charge in [0.1, 0.15) is 5.75 Å². The van der Waals surface area contributed by atoms with Gasteiger partial charge in [0.05, 0.1) is 9.82 Å². The molecule has 0 amide bonds. The Labute approximate surface area is 122 Å². The van der Waals surface area contributed by atoms with Crippen LogP contribution in [-0.2, 0) is 9.84 Å². The van der Waals surface area contributed by atoms with E-state index in [-0.39, 0.29) is 10.6 Å². The van der Waals surface area contributed by atoms with Gasteiger partial charge in [-0.3, -0.25) is 10.1 Å². The van der Waals surface area contributed by atoms with Crippen LogP contribution in [0.2, 0.25) is 0 Å². The number of benzene rings is 2. The van der Waals surface area contributed by atoms with Crippen LogP contribution < -0.4 is 4.74 Å². The number of sulfone groups is 1. The summed E-state index contributed by atoms with van der Waals surface area (Å²) in [6.45, 7) is 1.91. The highest BCUT2D eigenvalue weighted by atomic mass is 32.2. The Morgan fingerprint density at radius 2 is 1.71 bits per heavy atom. The Hall–Kier alpha value is -2.41. The van der Waals surface area contributed by atoms with E-state index in [4.69, 9.17) is 4.74 Å². The Balaban J connectivity index is 2.44. The summed E-state index contributed by atoms with van der Waals surface area (Å²) in [7, 11) is -3.51. The van der Waals surface area contributed by atoms with Crippen LogP contribution in [0.1, 0.15) is 5.56 Å². The third kappa shape index (κ3) is 3.57. The van der Waals surface area contributed by atoms with E-state index in [1.807, 2.05) is 19.1 Å². The van der Waals surface area contributed by atoms with Crippen molar-refractivity contribution in [2.45, 2.75) is 11.8 Å². The molecule has 110 valence electrons. The highest BCUT2D eigenvalue weighted by molar-refractivity contribution is 7.90. The van der Waals surface area contributed by atoms with Gasteiger partial charge in [0, 0.05) is 12.3 Å². The first-order chi connectivity index (χ1) is 9.77. The lowest BCUT2D eigenvalue weighted by Crippen LogP contribution is -2.00. The highest BCUT2D eigenvalue weighted by Gasteiger charge is 2.20. The molecule has 7 heteroatoms. The minimum atomic E-state index is -3.51. The zero-order valence-corrected chi connectivity index (χ0v) is 12.3. The van der Waals surface area contributed by atoms with Crippen molar-refractivity contribution in [3.8, 4) is 11.5 Å². The molecule has 2 rings (SSSR count). The Morgan fingerprint density at radius 3 is 2.24 bits per heavy atom. The maximum Gasteiger partial charge on any atom is 0.312 e. The molecule has 2 aromatic carbocycles. The number of nitro benzene ring substituents is 1. The molecule has 0 heterocycles. The van der Waals surface area contributed by atoms with Crippen molar-refractivity contribution in [2.75, 3.05) is 6.26 Å². The Kier molecular flexibility index (Phi) is 3.95. The Bertz CT molecular complexity index is 782. The number of rotatable bonds is 4. The fraction of sp³-hybridized carbons (Fsp3) is 0.143. The van der Waals surface area contributed by atoms with Gasteiger partial charge in [-0.15, -0.1) is 0 Å². The molecule has 21 heavy (non-hydrogen) atoms. The fourth-order valence-corrected chi connectivity index (χ4v) is 2.33. The summed E-state index contributed by atoms with van der Waals surface area (Å²) >= 11 is 0. The molecule has 0 saturated carbocycles. The van der Waals surface area contributed by atoms with E-state index >= 15 is 0 Å². The molecule has 0 spiro atoms. The third-order valence-corrected chi connectivity index (χ3v) is 3.91. The van der Waals surface area contributed by atoms with E-state index in [0.29, 0.717) is 5.75 Å². The first kappa shape index (κ1) is 15.0. The first-order valence-corrected chi connectivity index (χ1v) is 7.89. The monoisotopic (exact) mass is 307 g/mol. The van der Waals surface area contributed by atoms with Crippen molar-refractivity contribution in [3.63, 3.8) is 0 Å². The second-order valence-electron chi connectivity index (χ2n) is 4.57. The molecule has 0 saturated heterocycles. The van der Waals surface area contributed by atoms with Crippen LogP contribution >= 0.6 is 0 Å². The summed E-state index contributed by atoms with van der Waals surface area (Å²) in [4.78, 5) is 10.3. The van der Waals surface area contributed by atoms with Crippen LogP contribution in [0.15, 0.2) is 47.4 Å². The van der Waals surface area contributed by atoms with Crippen LogP contribution in [0.3, 0.4) is 0 Å². The Morgan fingerprint density at radius 1 is 1.10 bits per heavy atom. The van der Waals surface area contributed by atoms with Crippen molar-refractivity contribution in [1.82, 2.24) is 0 Å². The van der Waals surface area contributed by atoms with Gasteiger partial charge in [-0.05, 0) is 31.2 Å². The summed E-state index contributed by atoms with van der Waals surface area (Å²) in [5, 5.41) is 11.1. The lowest BCUT2D eigenvalue weighted by atomic mass is 10.2. The van der Waals surface area contributed by atoms with E-state index in [0.717, 1.165) is 17.9 Å². The van der Waals surface area contributed by atoms with Gasteiger partial charge >= 0.3 is 5.69 Å². The molecule has 2 aromatic rings. The van der Waals surface area contributed by atoms with Crippen molar-refractivity contribution in [3.05, 3.63) is 58.1 Å². The number of ether oxygens (including phenoxy) is 1. The molecular formula is C14H13NO5S. The number of hydrogen-bond acceptors (Lipinski definition) is 5. The zero-order valence-electron chi connectivity index (χ0n) is 11.4. The largest absolute Gasteiger partial charge is 0.450 e. The van der Waals surface area contributed by atoms with Crippen molar-refractivity contribution < 1.29 is 18.1 Å². The summed E-state index contributed by atoms with van der Waals surface area (Å²) < 4.78 is 28.4. The lowest BCUT2D eigenvalue weighted by molar-refractivity contribution is -0.385. The first-order valence-electron chi connectivity index (χ1n) is 6.00. The second-order valence-corrected chi connectivity index (χ2v) is 6.59. The van der Waals surface area contributed by atoms with Gasteiger partial charge in [0.15, 0.2) is 9.84 Å². The highest BCUT2D eigenvalue weighted by Crippen LogP contribution is 2.33. The molecule has 0 aliphatic heterocycles. The molecule has 0 fully saturated rings. The summed E-state index contributed by atoms with van der Waals surface area (Å²) in [5.41, 5.74) is 0.641. The van der Waals surface area contributed by atoms with Crippen LogP contribution in [0, 0.1) is 17.0 Å². The molecule has 0 unspecified atom stereocenters. The SMILES string of the molecule is Cc1ccc(Oc2ccc(S(C)(=O)=O)cc2[N+](=O)[O-])cc1. The van der Waals surface area contributed by atoms with E-state index in [1.54, 1.807) is 12.1 Å². The molecule has 6 nitrogen and oxygen atoms in total. The molecule has 0 bridgehead atoms. The van der Waals surface area contributed by atoms with Crippen LogP contribution in [0.4, 0.5) is 5.69 Å². The molecule has 0 N–H and O–H groups in total. The summed E-state index contributed by atoms with van der Waals surface area (Å²) in [6.07, 6.45) is 0.993. The smallest absolute Gasteiger partial charge is 0.312 e. The summed E-state index contributed by atoms with van der Waals surface area (Å²) in [6, 6.07) is 10.6. The number of hydrogen-bond donors (Lipinski definition) is 0. The van der Waals surface area contributed by atoms with Gasteiger partial charge in [-0.2, -0.15) is 0 Å². The number of nitrogens with zero attached hydrogens (tertiary/aromatic N) is 1. The minimum Gasteiger partial charge on any atom is -0.450 e. The normalized spacial score (nSPS) is 11.1. The average molecular weight is 307 g/mol. The molecule has 0 aliphatic rings. The van der Waals surface area contributed by atoms with E-state index in [1.165, 1.54) is 12.1 Å². The molecular weight excluding hydrogens is 294 g/mol. The zero-order chi connectivity index (χ0) is 15.6. The third-order valence-electron chi connectivity index (χ3n) is 2.80. The van der Waals surface area contributed by atoms with Crippen molar-refractivity contribution in [1.29, 1.82) is 0 Å². The summed E-state index contributed by atoms with van der Waals surface area (Å²) in [5.74, 6) is 0.437. The minimum absolute atomic E-state index is 0.00347. The number of aryl methyl sites for hydroxylation is 1. The van der Waals surface area contributed by atoms with Crippen LogP contribution in [0.25, 0.3) is 0 Å². The maximum atomic E-state index is 11.5. The predicted molar refractivity (Wildman–Crippen MR) is 77.5 cm³/mol. The second kappa shape index (κ2) is 5.53. The number of nitro groups is 1. The van der Waals surface area contributed by atoms with Crippen molar-refractivity contribution in [2.24, 2.45) is 0 Å². The topological polar surface area (TPSA) is 86.5 Å². The van der Waals surface area contributed by atoms with E-state index in [9.17, 15) is 18.5 Å². The van der Waals surface area contributed by atoms with E-state index < -0.39 is 20.4 Å². The van der Waals surface area contributed by atoms with Gasteiger partial charge in [-0.1, -0.05) is 17.7 Å². The fourth-order valence-electron chi connectivity index (χ4n) is 1.69. The lowest BCUT2D eigenvalue weighted by Gasteiger charge is -2.07. The van der Waals surface area contributed by atoms with Crippen LogP contribution in [0.5, 0.6) is 11.5 Å². The maximum absolute atomic E-state index is 11.5. The van der Waals surface area contributed by atoms with Crippen LogP contribution in [-0.4, -0.2) is 19.6 Å².